The van der Waals surface area contributed by atoms with Crippen molar-refractivity contribution < 1.29 is 4.79 Å². The van der Waals surface area contributed by atoms with Crippen LogP contribution >= 0.6 is 0 Å². The van der Waals surface area contributed by atoms with Gasteiger partial charge in [-0.3, -0.25) is 0 Å². The van der Waals surface area contributed by atoms with Crippen molar-refractivity contribution in [1.82, 2.24) is 0 Å². The molecular weight excluding hydrogens is 200 g/mol. The quantitative estimate of drug-likeness (QED) is 0.759. The summed E-state index contributed by atoms with van der Waals surface area (Å²) in [4.78, 5) is 14.5. The van der Waals surface area contributed by atoms with E-state index in [4.69, 9.17) is 5.73 Å². The van der Waals surface area contributed by atoms with Crippen molar-refractivity contribution in [2.75, 3.05) is 0 Å². The van der Waals surface area contributed by atoms with E-state index in [2.05, 4.69) is 24.0 Å². The lowest BCUT2D eigenvalue weighted by Crippen LogP contribution is -2.09. The van der Waals surface area contributed by atoms with Gasteiger partial charge < -0.3 is 5.73 Å². The smallest absolute Gasteiger partial charge is 0.338 e. The molecule has 1 fully saturated rings. The maximum Gasteiger partial charge on any atom is 0.338 e. The minimum atomic E-state index is -0.638. The van der Waals surface area contributed by atoms with E-state index in [1.165, 1.54) is 18.4 Å². The summed E-state index contributed by atoms with van der Waals surface area (Å²) < 4.78 is 0. The Morgan fingerprint density at radius 1 is 1.44 bits per heavy atom. The highest BCUT2D eigenvalue weighted by molar-refractivity contribution is 6.04. The Morgan fingerprint density at radius 3 is 2.69 bits per heavy atom. The van der Waals surface area contributed by atoms with Crippen molar-refractivity contribution >= 4 is 11.7 Å². The first-order valence-corrected chi connectivity index (χ1v) is 5.47. The number of benzene rings is 1. The molecule has 0 spiro atoms. The molecule has 2 N–H and O–H groups in total. The first kappa shape index (κ1) is 10.9. The Bertz CT molecular complexity index is 459. The predicted octanol–water partition coefficient (Wildman–Crippen LogP) is 2.63. The molecule has 84 valence electrons. The lowest BCUT2D eigenvalue weighted by molar-refractivity contribution is 0.256. The number of hydrogen-bond donors (Lipinski definition) is 1. The summed E-state index contributed by atoms with van der Waals surface area (Å²) in [5.41, 5.74) is 8.36. The fraction of sp³-hybridized carbons (Fsp3) is 0.385. The van der Waals surface area contributed by atoms with Crippen LogP contribution in [0.3, 0.4) is 0 Å². The van der Waals surface area contributed by atoms with Crippen molar-refractivity contribution in [2.45, 2.75) is 32.1 Å². The molecule has 0 aliphatic heterocycles. The van der Waals surface area contributed by atoms with E-state index in [-0.39, 0.29) is 0 Å². The number of amides is 2. The number of nitrogens with zero attached hydrogens (tertiary/aromatic N) is 1. The van der Waals surface area contributed by atoms with Gasteiger partial charge in [-0.05, 0) is 42.4 Å². The highest BCUT2D eigenvalue weighted by atomic mass is 16.2. The van der Waals surface area contributed by atoms with E-state index >= 15 is 0 Å². The number of hydrogen-bond acceptors (Lipinski definition) is 1. The minimum absolute atomic E-state index is 0.336. The monoisotopic (exact) mass is 216 g/mol. The molecule has 0 heterocycles. The summed E-state index contributed by atoms with van der Waals surface area (Å²) in [6.45, 7) is 4.06. The van der Waals surface area contributed by atoms with E-state index in [1.807, 2.05) is 12.1 Å². The molecule has 3 heteroatoms. The summed E-state index contributed by atoms with van der Waals surface area (Å²) in [6.07, 6.45) is 2.48. The molecule has 2 rings (SSSR count). The van der Waals surface area contributed by atoms with Crippen LogP contribution in [0.5, 0.6) is 0 Å². The van der Waals surface area contributed by atoms with Gasteiger partial charge >= 0.3 is 6.03 Å². The predicted molar refractivity (Wildman–Crippen MR) is 64.8 cm³/mol. The Labute approximate surface area is 95.4 Å². The molecular formula is C13H16N2O. The van der Waals surface area contributed by atoms with Gasteiger partial charge in [0, 0.05) is 0 Å². The van der Waals surface area contributed by atoms with Crippen molar-refractivity contribution in [3.8, 4) is 0 Å². The van der Waals surface area contributed by atoms with Crippen LogP contribution in [0.2, 0.25) is 0 Å². The van der Waals surface area contributed by atoms with Gasteiger partial charge in [0.2, 0.25) is 0 Å². The molecule has 0 atom stereocenters. The third-order valence-corrected chi connectivity index (χ3v) is 3.26. The van der Waals surface area contributed by atoms with Crippen molar-refractivity contribution in [2.24, 2.45) is 10.7 Å². The molecule has 0 unspecified atom stereocenters. The number of rotatable bonds is 2. The third kappa shape index (κ3) is 2.13. The van der Waals surface area contributed by atoms with Gasteiger partial charge in [0.25, 0.3) is 0 Å². The SMILES string of the molecule is CC(=NC(N)=O)c1cccc(C2(C)CC2)c1. The van der Waals surface area contributed by atoms with Crippen LogP contribution in [0, 0.1) is 0 Å². The molecule has 0 aromatic heterocycles. The molecule has 0 saturated heterocycles. The second kappa shape index (κ2) is 3.74. The fourth-order valence-corrected chi connectivity index (χ4v) is 1.83. The van der Waals surface area contributed by atoms with E-state index < -0.39 is 6.03 Å². The zero-order chi connectivity index (χ0) is 11.8. The van der Waals surface area contributed by atoms with Gasteiger partial charge in [0.1, 0.15) is 0 Å². The Balaban J connectivity index is 2.32. The topological polar surface area (TPSA) is 55.4 Å². The summed E-state index contributed by atoms with van der Waals surface area (Å²) in [6, 6.07) is 7.56. The van der Waals surface area contributed by atoms with Gasteiger partial charge in [0.05, 0.1) is 5.71 Å². The maximum atomic E-state index is 10.7. The molecule has 1 saturated carbocycles. The lowest BCUT2D eigenvalue weighted by atomic mass is 9.95. The molecule has 1 aromatic rings. The standard InChI is InChI=1S/C13H16N2O/c1-9(15-12(14)16)10-4-3-5-11(8-10)13(2)6-7-13/h3-5,8H,6-7H2,1-2H3,(H2,14,16). The van der Waals surface area contributed by atoms with E-state index in [0.29, 0.717) is 11.1 Å². The van der Waals surface area contributed by atoms with Gasteiger partial charge in [0.15, 0.2) is 0 Å². The Hall–Kier alpha value is -1.64. The van der Waals surface area contributed by atoms with Gasteiger partial charge in [-0.25, -0.2) is 4.79 Å². The molecule has 1 aliphatic carbocycles. The van der Waals surface area contributed by atoms with Crippen LogP contribution in [0.15, 0.2) is 29.3 Å². The van der Waals surface area contributed by atoms with E-state index in [1.54, 1.807) is 6.92 Å². The number of carbonyl (C=O) groups is 1. The summed E-state index contributed by atoms with van der Waals surface area (Å²) in [5.74, 6) is 0. The van der Waals surface area contributed by atoms with Crippen LogP contribution in [0.4, 0.5) is 4.79 Å². The molecule has 16 heavy (non-hydrogen) atoms. The highest BCUT2D eigenvalue weighted by Crippen LogP contribution is 2.47. The number of carbonyl (C=O) groups excluding carboxylic acids is 1. The van der Waals surface area contributed by atoms with E-state index in [9.17, 15) is 4.79 Å². The molecule has 1 aliphatic rings. The summed E-state index contributed by atoms with van der Waals surface area (Å²) in [5, 5.41) is 0. The van der Waals surface area contributed by atoms with Crippen LogP contribution in [-0.4, -0.2) is 11.7 Å². The largest absolute Gasteiger partial charge is 0.350 e. The number of urea groups is 1. The van der Waals surface area contributed by atoms with Gasteiger partial charge in [-0.2, -0.15) is 4.99 Å². The number of aliphatic imine (C=N–C) groups is 1. The first-order valence-electron chi connectivity index (χ1n) is 5.47. The molecule has 1 aromatic carbocycles. The second-order valence-corrected chi connectivity index (χ2v) is 4.68. The molecule has 2 amide bonds. The zero-order valence-corrected chi connectivity index (χ0v) is 9.66. The molecule has 3 nitrogen and oxygen atoms in total. The average molecular weight is 216 g/mol. The first-order chi connectivity index (χ1) is 7.51. The van der Waals surface area contributed by atoms with Crippen molar-refractivity contribution in [3.05, 3.63) is 35.4 Å². The summed E-state index contributed by atoms with van der Waals surface area (Å²) in [7, 11) is 0. The lowest BCUT2D eigenvalue weighted by Gasteiger charge is -2.10. The van der Waals surface area contributed by atoms with Crippen LogP contribution in [0.1, 0.15) is 37.8 Å². The molecule has 0 radical (unpaired) electrons. The summed E-state index contributed by atoms with van der Waals surface area (Å²) >= 11 is 0. The van der Waals surface area contributed by atoms with Gasteiger partial charge in [-0.15, -0.1) is 0 Å². The number of primary amides is 1. The van der Waals surface area contributed by atoms with Crippen molar-refractivity contribution in [3.63, 3.8) is 0 Å². The Morgan fingerprint density at radius 2 is 2.12 bits per heavy atom. The number of nitrogens with two attached hydrogens (primary N) is 1. The zero-order valence-electron chi connectivity index (χ0n) is 9.66. The minimum Gasteiger partial charge on any atom is -0.350 e. The van der Waals surface area contributed by atoms with Crippen molar-refractivity contribution in [1.29, 1.82) is 0 Å². The third-order valence-electron chi connectivity index (χ3n) is 3.26. The highest BCUT2D eigenvalue weighted by Gasteiger charge is 2.38. The normalized spacial score (nSPS) is 18.2. The van der Waals surface area contributed by atoms with Crippen LogP contribution in [0.25, 0.3) is 0 Å². The Kier molecular flexibility index (Phi) is 2.54. The molecule has 0 bridgehead atoms. The van der Waals surface area contributed by atoms with Crippen LogP contribution in [-0.2, 0) is 5.41 Å². The van der Waals surface area contributed by atoms with Crippen LogP contribution < -0.4 is 5.73 Å². The van der Waals surface area contributed by atoms with E-state index in [0.717, 1.165) is 5.56 Å². The maximum absolute atomic E-state index is 10.7. The average Bonchev–Trinajstić information content (AvgIpc) is 2.97. The fourth-order valence-electron chi connectivity index (χ4n) is 1.83. The van der Waals surface area contributed by atoms with Gasteiger partial charge in [-0.1, -0.05) is 25.1 Å². The second-order valence-electron chi connectivity index (χ2n) is 4.68.